The third-order valence-corrected chi connectivity index (χ3v) is 7.57. The van der Waals surface area contributed by atoms with Crippen molar-refractivity contribution in [1.82, 2.24) is 4.98 Å². The van der Waals surface area contributed by atoms with Crippen LogP contribution < -0.4 is 39.5 Å². The molecule has 0 unspecified atom stereocenters. The first-order valence-corrected chi connectivity index (χ1v) is 12.3. The van der Waals surface area contributed by atoms with Crippen LogP contribution >= 0.6 is 11.8 Å². The molecule has 0 spiro atoms. The quantitative estimate of drug-likeness (QED) is 0.312. The Balaban J connectivity index is 0.00000162. The number of pyridine rings is 1. The number of hydrogen-bond acceptors (Lipinski definition) is 4. The topological polar surface area (TPSA) is 42.1 Å². The van der Waals surface area contributed by atoms with Crippen LogP contribution in [0.4, 0.5) is 11.5 Å². The van der Waals surface area contributed by atoms with Crippen LogP contribution in [0.5, 0.6) is 0 Å². The van der Waals surface area contributed by atoms with Crippen molar-refractivity contribution >= 4 is 29.1 Å². The molecule has 3 aromatic rings. The van der Waals surface area contributed by atoms with Crippen molar-refractivity contribution in [3.8, 4) is 0 Å². The number of hydrogen-bond donors (Lipinski definition) is 2. The van der Waals surface area contributed by atoms with E-state index in [0.717, 1.165) is 57.1 Å². The van der Waals surface area contributed by atoms with Crippen molar-refractivity contribution in [3.05, 3.63) is 78.5 Å². The molecular formula is C26H30Cl2N4OS. The summed E-state index contributed by atoms with van der Waals surface area (Å²) in [7, 11) is 0. The number of benzene rings is 2. The summed E-state index contributed by atoms with van der Waals surface area (Å²) >= 11 is 1.81. The van der Waals surface area contributed by atoms with Gasteiger partial charge in [-0.25, -0.2) is 4.98 Å². The standard InChI is InChI=1S/C26H28N4OS.2ClH/c31-23(21-8-2-1-3-9-21)20-29-18-16-28(17-19-29)14-7-15-30-22-10-4-5-11-24(22)32-25-12-6-13-27-26(25)30;;/h1-6,8-13H,7,14-20H2;2*1H. The van der Waals surface area contributed by atoms with Gasteiger partial charge in [0.05, 0.1) is 17.1 Å². The number of aromatic nitrogens is 1. The number of halogens is 2. The Labute approximate surface area is 218 Å². The molecule has 0 saturated carbocycles. The zero-order valence-corrected chi connectivity index (χ0v) is 21.4. The molecule has 1 aromatic heterocycles. The van der Waals surface area contributed by atoms with Crippen LogP contribution in [0.1, 0.15) is 16.8 Å². The number of anilines is 2. The molecule has 2 aliphatic rings. The molecule has 2 N–H and O–H groups in total. The number of fused-ring (bicyclic) bond motifs is 2. The molecule has 8 heteroatoms. The lowest BCUT2D eigenvalue weighted by Gasteiger charge is -2.33. The summed E-state index contributed by atoms with van der Waals surface area (Å²) in [6.07, 6.45) is 3.02. The van der Waals surface area contributed by atoms with Crippen LogP contribution in [0.25, 0.3) is 0 Å². The maximum atomic E-state index is 12.5. The first kappa shape index (κ1) is 26.5. The maximum absolute atomic E-state index is 12.5. The minimum Gasteiger partial charge on any atom is -1.00 e. The third-order valence-electron chi connectivity index (χ3n) is 6.47. The second-order valence-corrected chi connectivity index (χ2v) is 9.70. The fourth-order valence-corrected chi connectivity index (χ4v) is 5.78. The number of rotatable bonds is 7. The van der Waals surface area contributed by atoms with E-state index in [1.165, 1.54) is 20.4 Å². The maximum Gasteiger partial charge on any atom is 0.216 e. The van der Waals surface area contributed by atoms with Crippen molar-refractivity contribution in [3.63, 3.8) is 0 Å². The lowest BCUT2D eigenvalue weighted by atomic mass is 10.1. The predicted octanol–water partition coefficient (Wildman–Crippen LogP) is -4.25. The number of carbonyl (C=O) groups excluding carboxylic acids is 1. The summed E-state index contributed by atoms with van der Waals surface area (Å²) in [4.78, 5) is 25.2. The van der Waals surface area contributed by atoms with Crippen LogP contribution in [-0.4, -0.2) is 56.6 Å². The number of para-hydroxylation sites is 1. The SMILES string of the molecule is O=C(C[NH+]1CC[NH+](CCCN2c3ccccc3Sc3cccnc32)CC1)c1ccccc1.[Cl-].[Cl-]. The molecule has 3 heterocycles. The molecule has 34 heavy (non-hydrogen) atoms. The highest BCUT2D eigenvalue weighted by Crippen LogP contribution is 2.46. The van der Waals surface area contributed by atoms with Gasteiger partial charge in [-0.1, -0.05) is 54.2 Å². The van der Waals surface area contributed by atoms with Crippen LogP contribution in [0.2, 0.25) is 0 Å². The van der Waals surface area contributed by atoms with E-state index in [2.05, 4.69) is 35.2 Å². The highest BCUT2D eigenvalue weighted by Gasteiger charge is 2.27. The molecule has 2 aliphatic heterocycles. The van der Waals surface area contributed by atoms with Gasteiger partial charge in [-0.2, -0.15) is 0 Å². The minimum absolute atomic E-state index is 0. The number of Topliss-reactive ketones (excluding diaryl/α,β-unsaturated/α-hetero) is 1. The Bertz CT molecular complexity index is 1030. The highest BCUT2D eigenvalue weighted by atomic mass is 35.5. The summed E-state index contributed by atoms with van der Waals surface area (Å²) in [6, 6.07) is 22.5. The van der Waals surface area contributed by atoms with Gasteiger partial charge in [0, 0.05) is 29.6 Å². The number of nitrogens with zero attached hydrogens (tertiary/aromatic N) is 2. The Morgan fingerprint density at radius 1 is 0.853 bits per heavy atom. The zero-order chi connectivity index (χ0) is 21.8. The van der Waals surface area contributed by atoms with E-state index in [1.54, 1.807) is 4.90 Å². The van der Waals surface area contributed by atoms with Gasteiger partial charge >= 0.3 is 0 Å². The molecule has 5 nitrogen and oxygen atoms in total. The molecule has 5 rings (SSSR count). The molecule has 0 aliphatic carbocycles. The Kier molecular flexibility index (Phi) is 9.80. The van der Waals surface area contributed by atoms with Gasteiger partial charge in [-0.05, 0) is 24.3 Å². The van der Waals surface area contributed by atoms with E-state index in [4.69, 9.17) is 4.98 Å². The number of quaternary nitrogens is 2. The van der Waals surface area contributed by atoms with E-state index < -0.39 is 0 Å². The molecule has 1 saturated heterocycles. The summed E-state index contributed by atoms with van der Waals surface area (Å²) in [6.45, 7) is 7.17. The molecule has 0 atom stereocenters. The van der Waals surface area contributed by atoms with Gasteiger partial charge in [0.15, 0.2) is 0 Å². The second kappa shape index (κ2) is 12.6. The molecule has 1 fully saturated rings. The average molecular weight is 518 g/mol. The van der Waals surface area contributed by atoms with Crippen LogP contribution in [0.15, 0.2) is 82.7 Å². The van der Waals surface area contributed by atoms with E-state index in [1.807, 2.05) is 54.4 Å². The van der Waals surface area contributed by atoms with E-state index in [9.17, 15) is 4.79 Å². The van der Waals surface area contributed by atoms with Crippen LogP contribution in [-0.2, 0) is 0 Å². The highest BCUT2D eigenvalue weighted by molar-refractivity contribution is 7.99. The van der Waals surface area contributed by atoms with Crippen LogP contribution in [0, 0.1) is 0 Å². The summed E-state index contributed by atoms with van der Waals surface area (Å²) < 4.78 is 0. The van der Waals surface area contributed by atoms with Gasteiger partial charge < -0.3 is 39.5 Å². The fraction of sp³-hybridized carbons (Fsp3) is 0.308. The zero-order valence-electron chi connectivity index (χ0n) is 19.1. The lowest BCUT2D eigenvalue weighted by molar-refractivity contribution is -1.01. The Morgan fingerprint density at radius 2 is 1.53 bits per heavy atom. The average Bonchev–Trinajstić information content (AvgIpc) is 2.85. The van der Waals surface area contributed by atoms with Crippen molar-refractivity contribution in [2.75, 3.05) is 50.7 Å². The van der Waals surface area contributed by atoms with Crippen molar-refractivity contribution < 1.29 is 39.4 Å². The first-order valence-electron chi connectivity index (χ1n) is 11.5. The Hall–Kier alpha value is -2.09. The summed E-state index contributed by atoms with van der Waals surface area (Å²) in [5.41, 5.74) is 2.11. The molecule has 0 amide bonds. The number of carbonyl (C=O) groups is 1. The molecular weight excluding hydrogens is 487 g/mol. The van der Waals surface area contributed by atoms with Gasteiger partial charge in [-0.15, -0.1) is 0 Å². The lowest BCUT2D eigenvalue weighted by Crippen LogP contribution is -3.28. The fourth-order valence-electron chi connectivity index (χ4n) is 4.71. The predicted molar refractivity (Wildman–Crippen MR) is 128 cm³/mol. The summed E-state index contributed by atoms with van der Waals surface area (Å²) in [5, 5.41) is 0. The van der Waals surface area contributed by atoms with Gasteiger partial charge in [0.1, 0.15) is 38.5 Å². The van der Waals surface area contributed by atoms with Gasteiger partial charge in [-0.3, -0.25) is 4.79 Å². The van der Waals surface area contributed by atoms with Gasteiger partial charge in [0.25, 0.3) is 0 Å². The monoisotopic (exact) mass is 516 g/mol. The smallest absolute Gasteiger partial charge is 0.216 e. The number of piperazine rings is 1. The molecule has 0 radical (unpaired) electrons. The summed E-state index contributed by atoms with van der Waals surface area (Å²) in [5.74, 6) is 1.34. The van der Waals surface area contributed by atoms with Crippen molar-refractivity contribution in [1.29, 1.82) is 0 Å². The molecule has 180 valence electrons. The number of nitrogens with one attached hydrogen (secondary N) is 2. The van der Waals surface area contributed by atoms with Gasteiger partial charge in [0.2, 0.25) is 5.78 Å². The van der Waals surface area contributed by atoms with E-state index in [0.29, 0.717) is 6.54 Å². The van der Waals surface area contributed by atoms with E-state index in [-0.39, 0.29) is 30.6 Å². The Morgan fingerprint density at radius 3 is 2.32 bits per heavy atom. The normalized spacial score (nSPS) is 18.6. The largest absolute Gasteiger partial charge is 1.00 e. The third kappa shape index (κ3) is 6.12. The minimum atomic E-state index is 0. The molecule has 2 aromatic carbocycles. The van der Waals surface area contributed by atoms with Crippen molar-refractivity contribution in [2.24, 2.45) is 0 Å². The van der Waals surface area contributed by atoms with Crippen molar-refractivity contribution in [2.45, 2.75) is 16.2 Å². The van der Waals surface area contributed by atoms with Crippen LogP contribution in [0.3, 0.4) is 0 Å². The van der Waals surface area contributed by atoms with E-state index >= 15 is 0 Å². The molecule has 0 bridgehead atoms. The second-order valence-electron chi connectivity index (χ2n) is 8.62. The first-order chi connectivity index (χ1) is 15.8. The number of ketones is 1.